The first-order valence-corrected chi connectivity index (χ1v) is 8.29. The highest BCUT2D eigenvalue weighted by atomic mass is 16.6. The Kier molecular flexibility index (Phi) is 4.81. The predicted octanol–water partition coefficient (Wildman–Crippen LogP) is 2.48. The molecule has 0 spiro atoms. The van der Waals surface area contributed by atoms with E-state index in [0.29, 0.717) is 12.8 Å². The maximum absolute atomic E-state index is 12.1. The van der Waals surface area contributed by atoms with Gasteiger partial charge in [0.2, 0.25) is 5.91 Å². The summed E-state index contributed by atoms with van der Waals surface area (Å²) in [5.41, 5.74) is 1.76. The van der Waals surface area contributed by atoms with E-state index < -0.39 is 10.5 Å². The first-order chi connectivity index (χ1) is 12.0. The van der Waals surface area contributed by atoms with Crippen molar-refractivity contribution in [3.8, 4) is 0 Å². The largest absolute Gasteiger partial charge is 0.383 e. The number of nitrogens with one attached hydrogen (secondary N) is 1. The van der Waals surface area contributed by atoms with Gasteiger partial charge in [-0.2, -0.15) is 0 Å². The maximum Gasteiger partial charge on any atom is 0.269 e. The van der Waals surface area contributed by atoms with Crippen LogP contribution in [0.25, 0.3) is 0 Å². The number of hydrogen-bond acceptors (Lipinski definition) is 4. The highest BCUT2D eigenvalue weighted by Gasteiger charge is 2.36. The SMILES string of the molecule is O=C(CCc1cccc([N+](=O)[O-])c1)NC[C@@]1(O)CCc2ccccc21. The minimum atomic E-state index is -1.02. The molecule has 3 rings (SSSR count). The lowest BCUT2D eigenvalue weighted by atomic mass is 9.96. The third-order valence-electron chi connectivity index (χ3n) is 4.67. The smallest absolute Gasteiger partial charge is 0.269 e. The van der Waals surface area contributed by atoms with Crippen LogP contribution in [0.1, 0.15) is 29.5 Å². The summed E-state index contributed by atoms with van der Waals surface area (Å²) in [5.74, 6) is -0.177. The molecule has 0 heterocycles. The van der Waals surface area contributed by atoms with Gasteiger partial charge in [0.15, 0.2) is 0 Å². The molecule has 1 aliphatic carbocycles. The molecule has 1 aliphatic rings. The number of non-ortho nitro benzene ring substituents is 1. The average molecular weight is 340 g/mol. The Bertz CT molecular complexity index is 806. The summed E-state index contributed by atoms with van der Waals surface area (Å²) in [4.78, 5) is 22.4. The quantitative estimate of drug-likeness (QED) is 0.624. The summed E-state index contributed by atoms with van der Waals surface area (Å²) in [7, 11) is 0. The van der Waals surface area contributed by atoms with E-state index in [1.807, 2.05) is 24.3 Å². The van der Waals surface area contributed by atoms with Gasteiger partial charge in [0.1, 0.15) is 5.60 Å². The Morgan fingerprint density at radius 1 is 1.24 bits per heavy atom. The van der Waals surface area contributed by atoms with E-state index >= 15 is 0 Å². The van der Waals surface area contributed by atoms with Gasteiger partial charge in [-0.15, -0.1) is 0 Å². The fourth-order valence-electron chi connectivity index (χ4n) is 3.27. The topological polar surface area (TPSA) is 92.5 Å². The van der Waals surface area contributed by atoms with Crippen LogP contribution in [0.2, 0.25) is 0 Å². The van der Waals surface area contributed by atoms with Gasteiger partial charge in [0, 0.05) is 18.6 Å². The van der Waals surface area contributed by atoms with Crippen LogP contribution in [0.4, 0.5) is 5.69 Å². The van der Waals surface area contributed by atoms with Crippen LogP contribution in [-0.4, -0.2) is 22.5 Å². The Morgan fingerprint density at radius 3 is 2.84 bits per heavy atom. The molecular weight excluding hydrogens is 320 g/mol. The van der Waals surface area contributed by atoms with Gasteiger partial charge in [-0.1, -0.05) is 36.4 Å². The van der Waals surface area contributed by atoms with E-state index in [4.69, 9.17) is 0 Å². The van der Waals surface area contributed by atoms with Gasteiger partial charge >= 0.3 is 0 Å². The molecule has 0 radical (unpaired) electrons. The Morgan fingerprint density at radius 2 is 2.04 bits per heavy atom. The summed E-state index contributed by atoms with van der Waals surface area (Å²) in [6.45, 7) is 0.178. The van der Waals surface area contributed by atoms with Crippen LogP contribution in [0.3, 0.4) is 0 Å². The van der Waals surface area contributed by atoms with Gasteiger partial charge in [0.25, 0.3) is 5.69 Å². The molecule has 2 aromatic rings. The second-order valence-corrected chi connectivity index (χ2v) is 6.39. The van der Waals surface area contributed by atoms with Gasteiger partial charge in [-0.25, -0.2) is 0 Å². The molecule has 2 N–H and O–H groups in total. The van der Waals surface area contributed by atoms with Crippen LogP contribution in [0.15, 0.2) is 48.5 Å². The van der Waals surface area contributed by atoms with E-state index in [9.17, 15) is 20.0 Å². The van der Waals surface area contributed by atoms with Crippen molar-refractivity contribution in [2.24, 2.45) is 0 Å². The lowest BCUT2D eigenvalue weighted by Crippen LogP contribution is -2.39. The zero-order valence-electron chi connectivity index (χ0n) is 13.8. The van der Waals surface area contributed by atoms with Gasteiger partial charge in [0.05, 0.1) is 11.5 Å². The Balaban J connectivity index is 1.54. The van der Waals surface area contributed by atoms with Crippen molar-refractivity contribution in [3.63, 3.8) is 0 Å². The number of benzene rings is 2. The number of amides is 1. The Labute approximate surface area is 145 Å². The van der Waals surface area contributed by atoms with Crippen molar-refractivity contribution in [2.45, 2.75) is 31.3 Å². The van der Waals surface area contributed by atoms with Gasteiger partial charge in [-0.05, 0) is 36.0 Å². The molecule has 0 aromatic heterocycles. The summed E-state index contributed by atoms with van der Waals surface area (Å²) in [6, 6.07) is 14.0. The second-order valence-electron chi connectivity index (χ2n) is 6.39. The van der Waals surface area contributed by atoms with E-state index in [-0.39, 0.29) is 24.6 Å². The maximum atomic E-state index is 12.1. The van der Waals surface area contributed by atoms with Crippen molar-refractivity contribution in [1.29, 1.82) is 0 Å². The fourth-order valence-corrected chi connectivity index (χ4v) is 3.27. The molecule has 0 aliphatic heterocycles. The molecule has 6 heteroatoms. The van der Waals surface area contributed by atoms with E-state index in [0.717, 1.165) is 23.1 Å². The molecular formula is C19H20N2O4. The van der Waals surface area contributed by atoms with Crippen LogP contribution >= 0.6 is 0 Å². The number of aliphatic hydroxyl groups is 1. The summed E-state index contributed by atoms with van der Waals surface area (Å²) >= 11 is 0. The van der Waals surface area contributed by atoms with Crippen LogP contribution in [-0.2, 0) is 23.2 Å². The first-order valence-electron chi connectivity index (χ1n) is 8.29. The zero-order chi connectivity index (χ0) is 17.9. The first kappa shape index (κ1) is 17.1. The summed E-state index contributed by atoms with van der Waals surface area (Å²) < 4.78 is 0. The lowest BCUT2D eigenvalue weighted by molar-refractivity contribution is -0.384. The third kappa shape index (κ3) is 3.85. The molecule has 1 atom stereocenters. The van der Waals surface area contributed by atoms with E-state index in [1.54, 1.807) is 12.1 Å². The van der Waals surface area contributed by atoms with Crippen LogP contribution in [0.5, 0.6) is 0 Å². The molecule has 0 saturated heterocycles. The number of aryl methyl sites for hydroxylation is 2. The number of carbonyl (C=O) groups is 1. The number of nitro benzene ring substituents is 1. The molecule has 6 nitrogen and oxygen atoms in total. The normalized spacial score (nSPS) is 18.6. The standard InChI is InChI=1S/C19H20N2O4/c22-18(9-8-14-4-3-6-16(12-14)21(24)25)20-13-19(23)11-10-15-5-1-2-7-17(15)19/h1-7,12,23H,8-11,13H2,(H,20,22)/t19-/m0/s1. The fraction of sp³-hybridized carbons (Fsp3) is 0.316. The van der Waals surface area contributed by atoms with Crippen molar-refractivity contribution in [2.75, 3.05) is 6.54 Å². The molecule has 130 valence electrons. The monoisotopic (exact) mass is 340 g/mol. The van der Waals surface area contributed by atoms with Gasteiger partial charge < -0.3 is 10.4 Å². The molecule has 0 fully saturated rings. The molecule has 1 amide bonds. The van der Waals surface area contributed by atoms with Crippen molar-refractivity contribution >= 4 is 11.6 Å². The van der Waals surface area contributed by atoms with Crippen LogP contribution in [0, 0.1) is 10.1 Å². The number of carbonyl (C=O) groups excluding carboxylic acids is 1. The third-order valence-corrected chi connectivity index (χ3v) is 4.67. The summed E-state index contributed by atoms with van der Waals surface area (Å²) in [5, 5.41) is 24.4. The predicted molar refractivity (Wildman–Crippen MR) is 93.1 cm³/mol. The van der Waals surface area contributed by atoms with E-state index in [1.165, 1.54) is 12.1 Å². The van der Waals surface area contributed by atoms with Gasteiger partial charge in [-0.3, -0.25) is 14.9 Å². The average Bonchev–Trinajstić information content (AvgIpc) is 2.96. The minimum Gasteiger partial charge on any atom is -0.383 e. The number of nitrogens with zero attached hydrogens (tertiary/aromatic N) is 1. The molecule has 0 unspecified atom stereocenters. The lowest BCUT2D eigenvalue weighted by Gasteiger charge is -2.24. The van der Waals surface area contributed by atoms with Crippen LogP contribution < -0.4 is 5.32 Å². The number of rotatable bonds is 6. The molecule has 2 aromatic carbocycles. The molecule has 0 bridgehead atoms. The van der Waals surface area contributed by atoms with Crippen molar-refractivity contribution in [1.82, 2.24) is 5.32 Å². The molecule has 0 saturated carbocycles. The highest BCUT2D eigenvalue weighted by Crippen LogP contribution is 2.36. The second kappa shape index (κ2) is 7.03. The van der Waals surface area contributed by atoms with Crippen molar-refractivity contribution < 1.29 is 14.8 Å². The summed E-state index contributed by atoms with van der Waals surface area (Å²) in [6.07, 6.45) is 2.04. The Hall–Kier alpha value is -2.73. The molecule has 25 heavy (non-hydrogen) atoms. The zero-order valence-corrected chi connectivity index (χ0v) is 13.8. The number of nitro groups is 1. The van der Waals surface area contributed by atoms with Crippen molar-refractivity contribution in [3.05, 3.63) is 75.3 Å². The highest BCUT2D eigenvalue weighted by molar-refractivity contribution is 5.76. The minimum absolute atomic E-state index is 0.0229. The van der Waals surface area contributed by atoms with E-state index in [2.05, 4.69) is 5.32 Å². The number of fused-ring (bicyclic) bond motifs is 1. The number of hydrogen-bond donors (Lipinski definition) is 2.